The van der Waals surface area contributed by atoms with E-state index in [9.17, 15) is 9.59 Å². The maximum atomic E-state index is 11.5. The van der Waals surface area contributed by atoms with Gasteiger partial charge in [-0.3, -0.25) is 4.79 Å². The van der Waals surface area contributed by atoms with Gasteiger partial charge in [0.2, 0.25) is 0 Å². The van der Waals surface area contributed by atoms with Crippen LogP contribution in [-0.4, -0.2) is 38.6 Å². The molecule has 1 aromatic carbocycles. The van der Waals surface area contributed by atoms with E-state index in [0.717, 1.165) is 30.5 Å². The van der Waals surface area contributed by atoms with Crippen LogP contribution in [0.2, 0.25) is 0 Å². The lowest BCUT2D eigenvalue weighted by Gasteiger charge is -2.39. The number of nitrogens with one attached hydrogen (secondary N) is 1. The lowest BCUT2D eigenvalue weighted by molar-refractivity contribution is 0.112. The van der Waals surface area contributed by atoms with Crippen LogP contribution in [0.1, 0.15) is 29.3 Å². The van der Waals surface area contributed by atoms with E-state index < -0.39 is 6.09 Å². The molecule has 21 heavy (non-hydrogen) atoms. The summed E-state index contributed by atoms with van der Waals surface area (Å²) in [5.74, 6) is 0.379. The van der Waals surface area contributed by atoms with Gasteiger partial charge < -0.3 is 15.0 Å². The summed E-state index contributed by atoms with van der Waals surface area (Å²) in [5.41, 5.74) is 2.74. The number of methoxy groups -OCH3 is 1. The van der Waals surface area contributed by atoms with Gasteiger partial charge >= 0.3 is 6.09 Å². The molecule has 0 radical (unpaired) electrons. The Bertz CT molecular complexity index is 530. The van der Waals surface area contributed by atoms with E-state index in [0.29, 0.717) is 18.0 Å². The number of carbonyl (C=O) groups excluding carboxylic acids is 2. The van der Waals surface area contributed by atoms with Gasteiger partial charge in [-0.1, -0.05) is 19.1 Å². The van der Waals surface area contributed by atoms with Crippen LogP contribution in [0.3, 0.4) is 0 Å². The summed E-state index contributed by atoms with van der Waals surface area (Å²) in [4.78, 5) is 24.9. The zero-order valence-corrected chi connectivity index (χ0v) is 12.8. The molecule has 1 aromatic rings. The number of nitrogens with zero attached hydrogens (tertiary/aromatic N) is 1. The number of ether oxygens (including phenoxy) is 1. The average molecular weight is 290 g/mol. The quantitative estimate of drug-likeness (QED) is 0.868. The van der Waals surface area contributed by atoms with E-state index in [1.165, 1.54) is 7.11 Å². The molecule has 5 heteroatoms. The minimum Gasteiger partial charge on any atom is -0.453 e. The second kappa shape index (κ2) is 6.61. The first-order valence-electron chi connectivity index (χ1n) is 7.21. The highest BCUT2D eigenvalue weighted by Gasteiger charge is 2.29. The van der Waals surface area contributed by atoms with Crippen molar-refractivity contribution >= 4 is 18.1 Å². The third kappa shape index (κ3) is 3.35. The molecule has 2 unspecified atom stereocenters. The standard InChI is InChI=1S/C16H22N2O3/c1-11-7-8-18(9-14(11)17-16(20)21-3)15-12(2)5-4-6-13(15)10-19/h4-6,10-11,14H,7-9H2,1-3H3,(H,17,20). The Morgan fingerprint density at radius 2 is 2.24 bits per heavy atom. The van der Waals surface area contributed by atoms with Crippen LogP contribution in [0.25, 0.3) is 0 Å². The topological polar surface area (TPSA) is 58.6 Å². The van der Waals surface area contributed by atoms with E-state index in [1.54, 1.807) is 0 Å². The van der Waals surface area contributed by atoms with Crippen molar-refractivity contribution in [3.05, 3.63) is 29.3 Å². The molecule has 0 spiro atoms. The first-order valence-corrected chi connectivity index (χ1v) is 7.21. The molecule has 2 atom stereocenters. The molecule has 5 nitrogen and oxygen atoms in total. The fourth-order valence-electron chi connectivity index (χ4n) is 2.88. The van der Waals surface area contributed by atoms with E-state index in [4.69, 9.17) is 0 Å². The molecule has 114 valence electrons. The monoisotopic (exact) mass is 290 g/mol. The summed E-state index contributed by atoms with van der Waals surface area (Å²) < 4.78 is 4.69. The van der Waals surface area contributed by atoms with Crippen LogP contribution in [0.5, 0.6) is 0 Å². The molecule has 0 aliphatic carbocycles. The highest BCUT2D eigenvalue weighted by atomic mass is 16.5. The van der Waals surface area contributed by atoms with Gasteiger partial charge in [-0.25, -0.2) is 4.79 Å². The van der Waals surface area contributed by atoms with Gasteiger partial charge in [-0.05, 0) is 30.9 Å². The van der Waals surface area contributed by atoms with Gasteiger partial charge in [0.1, 0.15) is 0 Å². The Morgan fingerprint density at radius 3 is 2.90 bits per heavy atom. The average Bonchev–Trinajstić information content (AvgIpc) is 2.49. The number of aldehydes is 1. The summed E-state index contributed by atoms with van der Waals surface area (Å²) in [6.07, 6.45) is 1.44. The Morgan fingerprint density at radius 1 is 1.48 bits per heavy atom. The van der Waals surface area contributed by atoms with E-state index in [-0.39, 0.29) is 6.04 Å². The number of piperidine rings is 1. The second-order valence-electron chi connectivity index (χ2n) is 5.58. The molecule has 1 aliphatic rings. The number of benzene rings is 1. The predicted molar refractivity (Wildman–Crippen MR) is 81.9 cm³/mol. The van der Waals surface area contributed by atoms with Crippen molar-refractivity contribution in [3.8, 4) is 0 Å². The van der Waals surface area contributed by atoms with Gasteiger partial charge in [0, 0.05) is 18.7 Å². The summed E-state index contributed by atoms with van der Waals surface area (Å²) in [5, 5.41) is 2.88. The maximum absolute atomic E-state index is 11.5. The minimum atomic E-state index is -0.408. The van der Waals surface area contributed by atoms with Gasteiger partial charge in [-0.2, -0.15) is 0 Å². The molecule has 1 saturated heterocycles. The molecule has 0 bridgehead atoms. The van der Waals surface area contributed by atoms with Crippen molar-refractivity contribution in [2.24, 2.45) is 5.92 Å². The molecular formula is C16H22N2O3. The van der Waals surface area contributed by atoms with Crippen LogP contribution >= 0.6 is 0 Å². The highest BCUT2D eigenvalue weighted by molar-refractivity contribution is 5.86. The molecule has 1 amide bonds. The van der Waals surface area contributed by atoms with Crippen molar-refractivity contribution in [2.75, 3.05) is 25.1 Å². The number of alkyl carbamates (subject to hydrolysis) is 1. The maximum Gasteiger partial charge on any atom is 0.407 e. The van der Waals surface area contributed by atoms with E-state index >= 15 is 0 Å². The Balaban J connectivity index is 2.22. The summed E-state index contributed by atoms with van der Waals surface area (Å²) in [7, 11) is 1.37. The Labute approximate surface area is 125 Å². The van der Waals surface area contributed by atoms with Gasteiger partial charge in [0.05, 0.1) is 18.8 Å². The number of carbonyl (C=O) groups is 2. The van der Waals surface area contributed by atoms with Crippen LogP contribution in [0, 0.1) is 12.8 Å². The largest absolute Gasteiger partial charge is 0.453 e. The molecule has 1 N–H and O–H groups in total. The number of aryl methyl sites for hydroxylation is 1. The van der Waals surface area contributed by atoms with Crippen molar-refractivity contribution in [1.82, 2.24) is 5.32 Å². The van der Waals surface area contributed by atoms with E-state index in [2.05, 4.69) is 21.9 Å². The number of amides is 1. The third-order valence-electron chi connectivity index (χ3n) is 4.16. The summed E-state index contributed by atoms with van der Waals surface area (Å²) in [6, 6.07) is 5.74. The fraction of sp³-hybridized carbons (Fsp3) is 0.500. The van der Waals surface area contributed by atoms with Gasteiger partial charge in [0.25, 0.3) is 0 Å². The Hall–Kier alpha value is -2.04. The highest BCUT2D eigenvalue weighted by Crippen LogP contribution is 2.28. The Kier molecular flexibility index (Phi) is 4.83. The number of hydrogen-bond acceptors (Lipinski definition) is 4. The van der Waals surface area contributed by atoms with Gasteiger partial charge in [-0.15, -0.1) is 0 Å². The zero-order valence-electron chi connectivity index (χ0n) is 12.8. The number of rotatable bonds is 3. The molecule has 2 rings (SSSR count). The molecular weight excluding hydrogens is 268 g/mol. The number of hydrogen-bond donors (Lipinski definition) is 1. The molecule has 1 fully saturated rings. The van der Waals surface area contributed by atoms with E-state index in [1.807, 2.05) is 25.1 Å². The van der Waals surface area contributed by atoms with Crippen molar-refractivity contribution in [3.63, 3.8) is 0 Å². The zero-order chi connectivity index (χ0) is 15.4. The molecule has 1 aliphatic heterocycles. The summed E-state index contributed by atoms with van der Waals surface area (Å²) in [6.45, 7) is 5.69. The lowest BCUT2D eigenvalue weighted by atomic mass is 9.92. The molecule has 0 saturated carbocycles. The summed E-state index contributed by atoms with van der Waals surface area (Å²) >= 11 is 0. The fourth-order valence-corrected chi connectivity index (χ4v) is 2.88. The normalized spacial score (nSPS) is 21.8. The lowest BCUT2D eigenvalue weighted by Crippen LogP contribution is -2.52. The van der Waals surface area contributed by atoms with Crippen molar-refractivity contribution < 1.29 is 14.3 Å². The number of anilines is 1. The van der Waals surface area contributed by atoms with Crippen LogP contribution < -0.4 is 10.2 Å². The first kappa shape index (κ1) is 15.4. The van der Waals surface area contributed by atoms with Crippen LogP contribution in [-0.2, 0) is 4.74 Å². The third-order valence-corrected chi connectivity index (χ3v) is 4.16. The van der Waals surface area contributed by atoms with Gasteiger partial charge in [0.15, 0.2) is 6.29 Å². The van der Waals surface area contributed by atoms with Crippen LogP contribution in [0.15, 0.2) is 18.2 Å². The van der Waals surface area contributed by atoms with Crippen molar-refractivity contribution in [2.45, 2.75) is 26.3 Å². The smallest absolute Gasteiger partial charge is 0.407 e. The first-order chi connectivity index (χ1) is 10.1. The SMILES string of the molecule is COC(=O)NC1CN(c2c(C)cccc2C=O)CCC1C. The number of para-hydroxylation sites is 1. The molecule has 1 heterocycles. The van der Waals surface area contributed by atoms with Crippen LogP contribution in [0.4, 0.5) is 10.5 Å². The minimum absolute atomic E-state index is 0.0188. The predicted octanol–water partition coefficient (Wildman–Crippen LogP) is 2.38. The molecule has 0 aromatic heterocycles. The second-order valence-corrected chi connectivity index (χ2v) is 5.58. The van der Waals surface area contributed by atoms with Crippen molar-refractivity contribution in [1.29, 1.82) is 0 Å².